The lowest BCUT2D eigenvalue weighted by atomic mass is 10.1. The van der Waals surface area contributed by atoms with Crippen molar-refractivity contribution >= 4 is 12.4 Å². The van der Waals surface area contributed by atoms with Crippen LogP contribution in [0.4, 0.5) is 0 Å². The number of piperazine rings is 1. The maximum atomic E-state index is 5.51. The third-order valence-electron chi connectivity index (χ3n) is 4.84. The van der Waals surface area contributed by atoms with Gasteiger partial charge in [-0.3, -0.25) is 9.80 Å². The van der Waals surface area contributed by atoms with Gasteiger partial charge in [0.05, 0.1) is 6.04 Å². The van der Waals surface area contributed by atoms with Crippen LogP contribution in [0.2, 0.25) is 0 Å². The summed E-state index contributed by atoms with van der Waals surface area (Å²) >= 11 is 0. The summed E-state index contributed by atoms with van der Waals surface area (Å²) in [6.45, 7) is 10.5. The first-order valence-electron chi connectivity index (χ1n) is 9.27. The number of nitrogens with zero attached hydrogens (tertiary/aromatic N) is 4. The molecule has 0 saturated carbocycles. The largest absolute Gasteiger partial charge is 0.334 e. The Morgan fingerprint density at radius 2 is 2.04 bits per heavy atom. The molecule has 26 heavy (non-hydrogen) atoms. The Morgan fingerprint density at radius 1 is 1.27 bits per heavy atom. The van der Waals surface area contributed by atoms with Crippen molar-refractivity contribution in [1.29, 1.82) is 0 Å². The van der Waals surface area contributed by atoms with Crippen LogP contribution in [0, 0.1) is 0 Å². The molecule has 6 nitrogen and oxygen atoms in total. The number of likely N-dealkylation sites (N-methyl/N-ethyl adjacent to an activating group) is 1. The molecule has 1 aliphatic heterocycles. The maximum absolute atomic E-state index is 5.51. The van der Waals surface area contributed by atoms with Crippen molar-refractivity contribution in [3.05, 3.63) is 35.7 Å². The van der Waals surface area contributed by atoms with Crippen molar-refractivity contribution in [2.24, 2.45) is 0 Å². The SMILES string of the molecule is CCCN(CC)Cc1ccc(-c2nc(C3CNCCN3C)no2)cc1.Cl. The third-order valence-corrected chi connectivity index (χ3v) is 4.84. The third kappa shape index (κ3) is 5.04. The Labute approximate surface area is 162 Å². The van der Waals surface area contributed by atoms with E-state index in [1.54, 1.807) is 0 Å². The van der Waals surface area contributed by atoms with E-state index in [1.807, 2.05) is 0 Å². The molecular formula is C19H30ClN5O. The van der Waals surface area contributed by atoms with Gasteiger partial charge in [0, 0.05) is 31.7 Å². The molecule has 0 aliphatic carbocycles. The molecule has 0 spiro atoms. The van der Waals surface area contributed by atoms with E-state index in [0.29, 0.717) is 5.89 Å². The van der Waals surface area contributed by atoms with Crippen LogP contribution in [0.5, 0.6) is 0 Å². The lowest BCUT2D eigenvalue weighted by Crippen LogP contribution is -2.44. The molecule has 1 atom stereocenters. The van der Waals surface area contributed by atoms with E-state index in [-0.39, 0.29) is 18.4 Å². The molecule has 1 unspecified atom stereocenters. The second kappa shape index (κ2) is 10.0. The van der Waals surface area contributed by atoms with Crippen LogP contribution < -0.4 is 5.32 Å². The number of halogens is 1. The predicted octanol–water partition coefficient (Wildman–Crippen LogP) is 2.97. The average molecular weight is 380 g/mol. The average Bonchev–Trinajstić information content (AvgIpc) is 3.12. The van der Waals surface area contributed by atoms with Crippen LogP contribution >= 0.6 is 12.4 Å². The van der Waals surface area contributed by atoms with Crippen molar-refractivity contribution in [3.63, 3.8) is 0 Å². The molecule has 2 heterocycles. The molecular weight excluding hydrogens is 350 g/mol. The van der Waals surface area contributed by atoms with Crippen LogP contribution in [-0.4, -0.2) is 59.7 Å². The molecule has 1 fully saturated rings. The van der Waals surface area contributed by atoms with Crippen LogP contribution in [-0.2, 0) is 6.54 Å². The van der Waals surface area contributed by atoms with E-state index in [1.165, 1.54) is 12.0 Å². The molecule has 1 aliphatic rings. The van der Waals surface area contributed by atoms with Gasteiger partial charge in [0.25, 0.3) is 5.89 Å². The molecule has 1 saturated heterocycles. The Hall–Kier alpha value is -1.47. The van der Waals surface area contributed by atoms with Crippen molar-refractivity contribution in [2.75, 3.05) is 39.8 Å². The smallest absolute Gasteiger partial charge is 0.257 e. The molecule has 7 heteroatoms. The van der Waals surface area contributed by atoms with Gasteiger partial charge in [0.1, 0.15) is 0 Å². The molecule has 1 aromatic heterocycles. The standard InChI is InChI=1S/C19H29N5O.ClH/c1-4-11-24(5-2)14-15-6-8-16(9-7-15)19-21-18(22-25-19)17-13-20-10-12-23(17)3;/h6-9,17,20H,4-5,10-14H2,1-3H3;1H. The van der Waals surface area contributed by atoms with Gasteiger partial charge in [-0.1, -0.05) is 31.1 Å². The van der Waals surface area contributed by atoms with Crippen LogP contribution in [0.15, 0.2) is 28.8 Å². The lowest BCUT2D eigenvalue weighted by molar-refractivity contribution is 0.190. The van der Waals surface area contributed by atoms with E-state index in [0.717, 1.165) is 50.7 Å². The fourth-order valence-corrected chi connectivity index (χ4v) is 3.26. The van der Waals surface area contributed by atoms with Crippen LogP contribution in [0.1, 0.15) is 37.7 Å². The van der Waals surface area contributed by atoms with Crippen LogP contribution in [0.3, 0.4) is 0 Å². The zero-order chi connectivity index (χ0) is 17.6. The minimum atomic E-state index is 0. The number of hydrogen-bond donors (Lipinski definition) is 1. The monoisotopic (exact) mass is 379 g/mol. The summed E-state index contributed by atoms with van der Waals surface area (Å²) in [5.74, 6) is 1.36. The number of benzene rings is 1. The Morgan fingerprint density at radius 3 is 2.69 bits per heavy atom. The highest BCUT2D eigenvalue weighted by atomic mass is 35.5. The van der Waals surface area contributed by atoms with Gasteiger partial charge in [0.2, 0.25) is 0 Å². The summed E-state index contributed by atoms with van der Waals surface area (Å²) in [6.07, 6.45) is 1.18. The second-order valence-corrected chi connectivity index (χ2v) is 6.72. The van der Waals surface area contributed by atoms with Crippen molar-refractivity contribution in [3.8, 4) is 11.5 Å². The fourth-order valence-electron chi connectivity index (χ4n) is 3.26. The summed E-state index contributed by atoms with van der Waals surface area (Å²) < 4.78 is 5.51. The first-order valence-corrected chi connectivity index (χ1v) is 9.27. The van der Waals surface area contributed by atoms with E-state index >= 15 is 0 Å². The van der Waals surface area contributed by atoms with Gasteiger partial charge >= 0.3 is 0 Å². The first kappa shape index (κ1) is 20.8. The van der Waals surface area contributed by atoms with E-state index in [2.05, 4.69) is 70.4 Å². The van der Waals surface area contributed by atoms with Gasteiger partial charge in [-0.2, -0.15) is 4.98 Å². The predicted molar refractivity (Wildman–Crippen MR) is 106 cm³/mol. The minimum Gasteiger partial charge on any atom is -0.334 e. The summed E-state index contributed by atoms with van der Waals surface area (Å²) in [6, 6.07) is 8.65. The van der Waals surface area contributed by atoms with E-state index in [4.69, 9.17) is 4.52 Å². The van der Waals surface area contributed by atoms with Crippen molar-refractivity contribution < 1.29 is 4.52 Å². The van der Waals surface area contributed by atoms with Crippen molar-refractivity contribution in [1.82, 2.24) is 25.3 Å². The number of aromatic nitrogens is 2. The fraction of sp³-hybridized carbons (Fsp3) is 0.579. The van der Waals surface area contributed by atoms with Gasteiger partial charge in [-0.15, -0.1) is 12.4 Å². The highest BCUT2D eigenvalue weighted by molar-refractivity contribution is 5.85. The maximum Gasteiger partial charge on any atom is 0.257 e. The molecule has 0 amide bonds. The topological polar surface area (TPSA) is 57.4 Å². The number of rotatable bonds is 7. The van der Waals surface area contributed by atoms with E-state index < -0.39 is 0 Å². The van der Waals surface area contributed by atoms with Crippen molar-refractivity contribution in [2.45, 2.75) is 32.9 Å². The molecule has 2 aromatic rings. The van der Waals surface area contributed by atoms with Gasteiger partial charge in [0.15, 0.2) is 5.82 Å². The summed E-state index contributed by atoms with van der Waals surface area (Å²) in [5, 5.41) is 7.59. The molecule has 144 valence electrons. The Bertz CT molecular complexity index is 660. The first-order chi connectivity index (χ1) is 12.2. The Kier molecular flexibility index (Phi) is 8.03. The van der Waals surface area contributed by atoms with Gasteiger partial charge in [-0.25, -0.2) is 0 Å². The highest BCUT2D eigenvalue weighted by Gasteiger charge is 2.25. The highest BCUT2D eigenvalue weighted by Crippen LogP contribution is 2.23. The Balaban J connectivity index is 0.00000243. The number of nitrogens with one attached hydrogen (secondary N) is 1. The van der Waals surface area contributed by atoms with Gasteiger partial charge < -0.3 is 9.84 Å². The quantitative estimate of drug-likeness (QED) is 0.798. The zero-order valence-electron chi connectivity index (χ0n) is 15.9. The summed E-state index contributed by atoms with van der Waals surface area (Å²) in [5.41, 5.74) is 2.29. The summed E-state index contributed by atoms with van der Waals surface area (Å²) in [4.78, 5) is 9.34. The van der Waals surface area contributed by atoms with Crippen LogP contribution in [0.25, 0.3) is 11.5 Å². The zero-order valence-corrected chi connectivity index (χ0v) is 16.8. The summed E-state index contributed by atoms with van der Waals surface area (Å²) in [7, 11) is 2.10. The normalized spacial score (nSPS) is 18.1. The molecule has 0 radical (unpaired) electrons. The molecule has 1 N–H and O–H groups in total. The number of hydrogen-bond acceptors (Lipinski definition) is 6. The molecule has 1 aromatic carbocycles. The van der Waals surface area contributed by atoms with E-state index in [9.17, 15) is 0 Å². The molecule has 3 rings (SSSR count). The second-order valence-electron chi connectivity index (χ2n) is 6.72. The molecule has 0 bridgehead atoms. The van der Waals surface area contributed by atoms with Gasteiger partial charge in [-0.05, 0) is 44.3 Å². The minimum absolute atomic E-state index is 0. The lowest BCUT2D eigenvalue weighted by Gasteiger charge is -2.30.